The molecule has 3 aromatic rings. The van der Waals surface area contributed by atoms with Gasteiger partial charge in [-0.3, -0.25) is 4.79 Å². The lowest BCUT2D eigenvalue weighted by Crippen LogP contribution is -2.25. The minimum absolute atomic E-state index is 0.121. The molecule has 27 heavy (non-hydrogen) atoms. The molecular weight excluding hydrogens is 386 g/mol. The van der Waals surface area contributed by atoms with Crippen LogP contribution in [0.25, 0.3) is 11.4 Å². The van der Waals surface area contributed by atoms with Crippen LogP contribution in [0.15, 0.2) is 53.7 Å². The maximum absolute atomic E-state index is 12.0. The van der Waals surface area contributed by atoms with Crippen molar-refractivity contribution in [1.29, 1.82) is 0 Å². The number of carbonyl (C=O) groups excluding carboxylic acids is 1. The number of rotatable bonds is 7. The number of ether oxygens (including phenoxy) is 1. The second-order valence-corrected chi connectivity index (χ2v) is 6.98. The number of aromatic nitrogens is 3. The summed E-state index contributed by atoms with van der Waals surface area (Å²) in [6, 6.07) is 14.6. The standard InChI is InChI=1S/C18H18ClN5O2S/c1-26-15-8-4-13(5-9-15)17-22-23-18(24(17)20)27-11-16(25)21-10-12-2-6-14(19)7-3-12/h2-9H,10-11,20H2,1H3,(H,21,25). The van der Waals surface area contributed by atoms with Crippen LogP contribution in [0, 0.1) is 0 Å². The van der Waals surface area contributed by atoms with Crippen LogP contribution in [0.1, 0.15) is 5.56 Å². The molecule has 140 valence electrons. The summed E-state index contributed by atoms with van der Waals surface area (Å²) in [6.07, 6.45) is 0. The van der Waals surface area contributed by atoms with E-state index in [4.69, 9.17) is 22.2 Å². The largest absolute Gasteiger partial charge is 0.497 e. The summed E-state index contributed by atoms with van der Waals surface area (Å²) in [6.45, 7) is 0.434. The fraction of sp³-hybridized carbons (Fsp3) is 0.167. The highest BCUT2D eigenvalue weighted by molar-refractivity contribution is 7.99. The average Bonchev–Trinajstić information content (AvgIpc) is 3.06. The first kappa shape index (κ1) is 19.1. The molecule has 0 spiro atoms. The monoisotopic (exact) mass is 403 g/mol. The molecule has 9 heteroatoms. The van der Waals surface area contributed by atoms with Gasteiger partial charge in [0.05, 0.1) is 12.9 Å². The zero-order valence-corrected chi connectivity index (χ0v) is 16.1. The van der Waals surface area contributed by atoms with Gasteiger partial charge in [0.2, 0.25) is 11.1 Å². The molecule has 0 saturated heterocycles. The first-order chi connectivity index (χ1) is 13.1. The summed E-state index contributed by atoms with van der Waals surface area (Å²) in [7, 11) is 1.60. The van der Waals surface area contributed by atoms with Crippen molar-refractivity contribution in [2.45, 2.75) is 11.7 Å². The predicted molar refractivity (Wildman–Crippen MR) is 106 cm³/mol. The number of thioether (sulfide) groups is 1. The molecule has 0 fully saturated rings. The Kier molecular flexibility index (Phi) is 6.20. The number of nitrogen functional groups attached to an aromatic ring is 1. The van der Waals surface area contributed by atoms with Gasteiger partial charge >= 0.3 is 0 Å². The normalized spacial score (nSPS) is 10.6. The number of benzene rings is 2. The van der Waals surface area contributed by atoms with E-state index in [0.29, 0.717) is 22.5 Å². The fourth-order valence-electron chi connectivity index (χ4n) is 2.30. The molecule has 0 radical (unpaired) electrons. The third kappa shape index (κ3) is 4.93. The van der Waals surface area contributed by atoms with Gasteiger partial charge in [-0.15, -0.1) is 10.2 Å². The molecule has 3 N–H and O–H groups in total. The molecule has 7 nitrogen and oxygen atoms in total. The molecule has 0 saturated carbocycles. The van der Waals surface area contributed by atoms with E-state index in [1.165, 1.54) is 16.4 Å². The quantitative estimate of drug-likeness (QED) is 0.465. The number of nitrogens with two attached hydrogens (primary N) is 1. The van der Waals surface area contributed by atoms with E-state index in [0.717, 1.165) is 16.9 Å². The Hall–Kier alpha value is -2.71. The Morgan fingerprint density at radius 1 is 1.19 bits per heavy atom. The van der Waals surface area contributed by atoms with Crippen molar-refractivity contribution in [3.8, 4) is 17.1 Å². The van der Waals surface area contributed by atoms with Crippen molar-refractivity contribution in [3.05, 3.63) is 59.1 Å². The molecule has 1 amide bonds. The van der Waals surface area contributed by atoms with Crippen LogP contribution in [-0.2, 0) is 11.3 Å². The summed E-state index contributed by atoms with van der Waals surface area (Å²) < 4.78 is 6.51. The summed E-state index contributed by atoms with van der Waals surface area (Å²) >= 11 is 7.07. The number of nitrogens with zero attached hydrogens (tertiary/aromatic N) is 3. The summed E-state index contributed by atoms with van der Waals surface area (Å²) in [5.41, 5.74) is 1.78. The number of halogens is 1. The van der Waals surface area contributed by atoms with E-state index < -0.39 is 0 Å². The van der Waals surface area contributed by atoms with Gasteiger partial charge in [-0.05, 0) is 42.0 Å². The summed E-state index contributed by atoms with van der Waals surface area (Å²) in [5.74, 6) is 7.39. The number of carbonyl (C=O) groups is 1. The molecular formula is C18H18ClN5O2S. The van der Waals surface area contributed by atoms with E-state index in [2.05, 4.69) is 15.5 Å². The molecule has 0 atom stereocenters. The van der Waals surface area contributed by atoms with Gasteiger partial charge < -0.3 is 15.9 Å². The van der Waals surface area contributed by atoms with E-state index in [1.807, 2.05) is 36.4 Å². The molecule has 0 bridgehead atoms. The Morgan fingerprint density at radius 2 is 1.89 bits per heavy atom. The SMILES string of the molecule is COc1ccc(-c2nnc(SCC(=O)NCc3ccc(Cl)cc3)n2N)cc1. The van der Waals surface area contributed by atoms with E-state index >= 15 is 0 Å². The topological polar surface area (TPSA) is 95.1 Å². The van der Waals surface area contributed by atoms with Crippen LogP contribution in [0.2, 0.25) is 5.02 Å². The highest BCUT2D eigenvalue weighted by atomic mass is 35.5. The van der Waals surface area contributed by atoms with Crippen molar-refractivity contribution in [2.75, 3.05) is 18.7 Å². The fourth-order valence-corrected chi connectivity index (χ4v) is 3.11. The Bertz CT molecular complexity index is 913. The van der Waals surface area contributed by atoms with Gasteiger partial charge in [-0.25, -0.2) is 4.68 Å². The second kappa shape index (κ2) is 8.79. The number of methoxy groups -OCH3 is 1. The van der Waals surface area contributed by atoms with Gasteiger partial charge in [0.25, 0.3) is 0 Å². The molecule has 0 aliphatic heterocycles. The first-order valence-corrected chi connectivity index (χ1v) is 9.42. The maximum Gasteiger partial charge on any atom is 0.230 e. The van der Waals surface area contributed by atoms with E-state index in [-0.39, 0.29) is 11.7 Å². The van der Waals surface area contributed by atoms with Crippen LogP contribution in [-0.4, -0.2) is 33.6 Å². The molecule has 0 unspecified atom stereocenters. The average molecular weight is 404 g/mol. The predicted octanol–water partition coefficient (Wildman–Crippen LogP) is 2.73. The van der Waals surface area contributed by atoms with Crippen LogP contribution in [0.3, 0.4) is 0 Å². The molecule has 0 aliphatic rings. The Morgan fingerprint density at radius 3 is 2.56 bits per heavy atom. The zero-order chi connectivity index (χ0) is 19.2. The first-order valence-electron chi connectivity index (χ1n) is 8.05. The van der Waals surface area contributed by atoms with Crippen LogP contribution in [0.5, 0.6) is 5.75 Å². The Labute approximate surface area is 165 Å². The van der Waals surface area contributed by atoms with Gasteiger partial charge in [0, 0.05) is 17.1 Å². The number of nitrogens with one attached hydrogen (secondary N) is 1. The van der Waals surface area contributed by atoms with Crippen molar-refractivity contribution in [3.63, 3.8) is 0 Å². The number of hydrogen-bond donors (Lipinski definition) is 2. The van der Waals surface area contributed by atoms with Crippen molar-refractivity contribution >= 4 is 29.3 Å². The van der Waals surface area contributed by atoms with Crippen LogP contribution >= 0.6 is 23.4 Å². The third-order valence-corrected chi connectivity index (χ3v) is 4.94. The second-order valence-electron chi connectivity index (χ2n) is 5.60. The van der Waals surface area contributed by atoms with Crippen LogP contribution < -0.4 is 15.9 Å². The van der Waals surface area contributed by atoms with Crippen LogP contribution in [0.4, 0.5) is 0 Å². The molecule has 1 heterocycles. The smallest absolute Gasteiger partial charge is 0.230 e. The lowest BCUT2D eigenvalue weighted by atomic mass is 10.2. The molecule has 0 aliphatic carbocycles. The Balaban J connectivity index is 1.55. The minimum atomic E-state index is -0.121. The zero-order valence-electron chi connectivity index (χ0n) is 14.6. The van der Waals surface area contributed by atoms with Gasteiger partial charge in [0.15, 0.2) is 5.82 Å². The lowest BCUT2D eigenvalue weighted by molar-refractivity contribution is -0.118. The number of hydrogen-bond acceptors (Lipinski definition) is 6. The lowest BCUT2D eigenvalue weighted by Gasteiger charge is -2.06. The highest BCUT2D eigenvalue weighted by Crippen LogP contribution is 2.23. The van der Waals surface area contributed by atoms with E-state index in [1.54, 1.807) is 19.2 Å². The van der Waals surface area contributed by atoms with Crippen molar-refractivity contribution < 1.29 is 9.53 Å². The van der Waals surface area contributed by atoms with Gasteiger partial charge in [-0.1, -0.05) is 35.5 Å². The van der Waals surface area contributed by atoms with E-state index in [9.17, 15) is 4.79 Å². The highest BCUT2D eigenvalue weighted by Gasteiger charge is 2.14. The molecule has 2 aromatic carbocycles. The number of amides is 1. The van der Waals surface area contributed by atoms with Crippen molar-refractivity contribution in [2.24, 2.45) is 0 Å². The maximum atomic E-state index is 12.0. The molecule has 3 rings (SSSR count). The third-order valence-electron chi connectivity index (χ3n) is 3.75. The summed E-state index contributed by atoms with van der Waals surface area (Å²) in [4.78, 5) is 12.0. The minimum Gasteiger partial charge on any atom is -0.497 e. The van der Waals surface area contributed by atoms with Crippen molar-refractivity contribution in [1.82, 2.24) is 20.2 Å². The van der Waals surface area contributed by atoms with Gasteiger partial charge in [0.1, 0.15) is 5.75 Å². The van der Waals surface area contributed by atoms with Gasteiger partial charge in [-0.2, -0.15) is 0 Å². The molecule has 1 aromatic heterocycles. The summed E-state index contributed by atoms with van der Waals surface area (Å²) in [5, 5.41) is 12.1.